The van der Waals surface area contributed by atoms with E-state index in [1.807, 2.05) is 36.0 Å². The number of aromatic nitrogens is 3. The molecule has 0 radical (unpaired) electrons. The highest BCUT2D eigenvalue weighted by molar-refractivity contribution is 7.07. The van der Waals surface area contributed by atoms with Gasteiger partial charge in [-0.1, -0.05) is 6.92 Å². The molecule has 0 aliphatic rings. The highest BCUT2D eigenvalue weighted by Gasteiger charge is 2.09. The molecule has 2 aromatic rings. The largest absolute Gasteiger partial charge is 0.338 e. The van der Waals surface area contributed by atoms with Crippen molar-refractivity contribution in [3.05, 3.63) is 34.0 Å². The fourth-order valence-corrected chi connectivity index (χ4v) is 2.42. The van der Waals surface area contributed by atoms with E-state index in [1.165, 1.54) is 0 Å². The fourth-order valence-electron chi connectivity index (χ4n) is 1.87. The predicted octanol–water partition coefficient (Wildman–Crippen LogP) is 2.38. The van der Waals surface area contributed by atoms with Gasteiger partial charge in [-0.25, -0.2) is 15.0 Å². The number of anilines is 1. The lowest BCUT2D eigenvalue weighted by atomic mass is 10.2. The molecule has 0 amide bonds. The van der Waals surface area contributed by atoms with E-state index < -0.39 is 0 Å². The minimum absolute atomic E-state index is 0.733. The first-order valence-corrected chi connectivity index (χ1v) is 7.76. The zero-order valence-electron chi connectivity index (χ0n) is 12.3. The molecule has 2 aromatic heterocycles. The quantitative estimate of drug-likeness (QED) is 0.794. The van der Waals surface area contributed by atoms with Gasteiger partial charge in [0.15, 0.2) is 0 Å². The van der Waals surface area contributed by atoms with Crippen molar-refractivity contribution in [1.82, 2.24) is 20.3 Å². The Bertz CT molecular complexity index is 526. The lowest BCUT2D eigenvalue weighted by molar-refractivity contribution is 0.667. The molecule has 2 rings (SSSR count). The molecule has 2 heterocycles. The molecule has 1 N–H and O–H groups in total. The first-order valence-electron chi connectivity index (χ1n) is 6.82. The van der Waals surface area contributed by atoms with Crippen LogP contribution in [0.4, 0.5) is 5.95 Å². The number of hydrogen-bond donors (Lipinski definition) is 1. The summed E-state index contributed by atoms with van der Waals surface area (Å²) in [5.41, 5.74) is 5.08. The van der Waals surface area contributed by atoms with Crippen molar-refractivity contribution in [3.63, 3.8) is 0 Å². The molecule has 6 heteroatoms. The second-order valence-corrected chi connectivity index (χ2v) is 5.51. The third-order valence-electron chi connectivity index (χ3n) is 3.03. The first-order chi connectivity index (χ1) is 9.70. The summed E-state index contributed by atoms with van der Waals surface area (Å²) in [5, 5.41) is 5.42. The third-order valence-corrected chi connectivity index (χ3v) is 3.67. The maximum Gasteiger partial charge on any atom is 0.225 e. The van der Waals surface area contributed by atoms with Crippen molar-refractivity contribution in [3.8, 4) is 0 Å². The predicted molar refractivity (Wildman–Crippen MR) is 83.0 cm³/mol. The van der Waals surface area contributed by atoms with Crippen molar-refractivity contribution in [2.75, 3.05) is 18.5 Å². The average molecular weight is 291 g/mol. The lowest BCUT2D eigenvalue weighted by Crippen LogP contribution is -2.21. The molecule has 0 atom stereocenters. The number of aryl methyl sites for hydroxylation is 1. The van der Waals surface area contributed by atoms with Gasteiger partial charge in [0.1, 0.15) is 0 Å². The van der Waals surface area contributed by atoms with Crippen LogP contribution in [0.15, 0.2) is 17.1 Å². The highest BCUT2D eigenvalue weighted by Crippen LogP contribution is 2.13. The summed E-state index contributed by atoms with van der Waals surface area (Å²) in [6, 6.07) is 0. The van der Waals surface area contributed by atoms with Crippen LogP contribution in [0.25, 0.3) is 0 Å². The van der Waals surface area contributed by atoms with Gasteiger partial charge < -0.3 is 10.2 Å². The van der Waals surface area contributed by atoms with Gasteiger partial charge in [-0.3, -0.25) is 0 Å². The third kappa shape index (κ3) is 3.98. The Morgan fingerprint density at radius 1 is 1.35 bits per heavy atom. The molecule has 0 aliphatic carbocycles. The lowest BCUT2D eigenvalue weighted by Gasteiger charge is -2.17. The van der Waals surface area contributed by atoms with Crippen LogP contribution in [-0.4, -0.2) is 28.5 Å². The molecule has 108 valence electrons. The van der Waals surface area contributed by atoms with E-state index in [-0.39, 0.29) is 0 Å². The highest BCUT2D eigenvalue weighted by atomic mass is 32.1. The van der Waals surface area contributed by atoms with Crippen molar-refractivity contribution >= 4 is 17.3 Å². The Morgan fingerprint density at radius 2 is 2.20 bits per heavy atom. The van der Waals surface area contributed by atoms with E-state index in [0.29, 0.717) is 0 Å². The smallest absolute Gasteiger partial charge is 0.225 e. The van der Waals surface area contributed by atoms with Gasteiger partial charge in [0.25, 0.3) is 0 Å². The fraction of sp³-hybridized carbons (Fsp3) is 0.500. The van der Waals surface area contributed by atoms with E-state index in [0.717, 1.165) is 49.0 Å². The van der Waals surface area contributed by atoms with E-state index in [4.69, 9.17) is 0 Å². The van der Waals surface area contributed by atoms with Crippen LogP contribution in [-0.2, 0) is 13.1 Å². The van der Waals surface area contributed by atoms with Crippen molar-refractivity contribution in [2.45, 2.75) is 33.4 Å². The van der Waals surface area contributed by atoms with Gasteiger partial charge in [-0.2, -0.15) is 0 Å². The molecule has 0 spiro atoms. The van der Waals surface area contributed by atoms with Crippen LogP contribution in [0, 0.1) is 6.92 Å². The molecular formula is C14H21N5S. The van der Waals surface area contributed by atoms with Gasteiger partial charge in [0.05, 0.1) is 17.7 Å². The van der Waals surface area contributed by atoms with Crippen molar-refractivity contribution in [2.24, 2.45) is 0 Å². The van der Waals surface area contributed by atoms with E-state index >= 15 is 0 Å². The normalized spacial score (nSPS) is 10.8. The summed E-state index contributed by atoms with van der Waals surface area (Å²) in [4.78, 5) is 15.3. The van der Waals surface area contributed by atoms with Crippen molar-refractivity contribution < 1.29 is 0 Å². The van der Waals surface area contributed by atoms with E-state index in [2.05, 4.69) is 27.2 Å². The molecular weight excluding hydrogens is 270 g/mol. The summed E-state index contributed by atoms with van der Waals surface area (Å²) in [7, 11) is 1.99. The molecule has 0 saturated heterocycles. The van der Waals surface area contributed by atoms with Crippen LogP contribution < -0.4 is 10.2 Å². The maximum absolute atomic E-state index is 4.58. The molecule has 5 nitrogen and oxygen atoms in total. The Labute approximate surface area is 124 Å². The Hall–Kier alpha value is -1.53. The summed E-state index contributed by atoms with van der Waals surface area (Å²) in [6.07, 6.45) is 3.05. The summed E-state index contributed by atoms with van der Waals surface area (Å²) in [6.45, 7) is 6.77. The molecule has 0 saturated carbocycles. The molecule has 20 heavy (non-hydrogen) atoms. The molecule has 0 unspecified atom stereocenters. The van der Waals surface area contributed by atoms with Gasteiger partial charge in [0, 0.05) is 36.4 Å². The molecule has 0 bridgehead atoms. The number of nitrogens with one attached hydrogen (secondary N) is 1. The van der Waals surface area contributed by atoms with Crippen LogP contribution >= 0.6 is 11.3 Å². The number of hydrogen-bond acceptors (Lipinski definition) is 6. The molecule has 0 fully saturated rings. The number of nitrogens with zero attached hydrogens (tertiary/aromatic N) is 4. The zero-order chi connectivity index (χ0) is 14.4. The molecule has 0 aromatic carbocycles. The minimum Gasteiger partial charge on any atom is -0.338 e. The Kier molecular flexibility index (Phi) is 5.43. The van der Waals surface area contributed by atoms with Crippen LogP contribution in [0.2, 0.25) is 0 Å². The standard InChI is InChI=1S/C14H21N5S/c1-4-5-15-6-12-7-16-14(18-11(12)2)19(3)8-13-9-20-10-17-13/h7,9-10,15H,4-6,8H2,1-3H3. The summed E-state index contributed by atoms with van der Waals surface area (Å²) in [5.74, 6) is 0.745. The van der Waals surface area contributed by atoms with Crippen LogP contribution in [0.1, 0.15) is 30.3 Å². The van der Waals surface area contributed by atoms with Gasteiger partial charge >= 0.3 is 0 Å². The Balaban J connectivity index is 2.00. The Morgan fingerprint density at radius 3 is 2.85 bits per heavy atom. The van der Waals surface area contributed by atoms with E-state index in [1.54, 1.807) is 11.3 Å². The topological polar surface area (TPSA) is 53.9 Å². The summed E-state index contributed by atoms with van der Waals surface area (Å²) < 4.78 is 0. The van der Waals surface area contributed by atoms with Gasteiger partial charge in [0.2, 0.25) is 5.95 Å². The number of rotatable bonds is 7. The molecule has 0 aliphatic heterocycles. The van der Waals surface area contributed by atoms with Crippen LogP contribution in [0.3, 0.4) is 0 Å². The zero-order valence-corrected chi connectivity index (χ0v) is 13.1. The first kappa shape index (κ1) is 14.9. The number of thiazole rings is 1. The van der Waals surface area contributed by atoms with Crippen molar-refractivity contribution in [1.29, 1.82) is 0 Å². The van der Waals surface area contributed by atoms with E-state index in [9.17, 15) is 0 Å². The SMILES string of the molecule is CCCNCc1cnc(N(C)Cc2cscn2)nc1C. The minimum atomic E-state index is 0.733. The second-order valence-electron chi connectivity index (χ2n) is 4.79. The monoisotopic (exact) mass is 291 g/mol. The van der Waals surface area contributed by atoms with Gasteiger partial charge in [-0.15, -0.1) is 11.3 Å². The maximum atomic E-state index is 4.58. The second kappa shape index (κ2) is 7.31. The average Bonchev–Trinajstić information content (AvgIpc) is 2.93. The van der Waals surface area contributed by atoms with Crippen LogP contribution in [0.5, 0.6) is 0 Å². The van der Waals surface area contributed by atoms with Gasteiger partial charge in [-0.05, 0) is 19.9 Å². The summed E-state index contributed by atoms with van der Waals surface area (Å²) >= 11 is 1.61.